The van der Waals surface area contributed by atoms with Gasteiger partial charge in [-0.1, -0.05) is 12.1 Å². The number of aliphatic hydroxyl groups is 1. The van der Waals surface area contributed by atoms with E-state index < -0.39 is 5.60 Å². The lowest BCUT2D eigenvalue weighted by Gasteiger charge is -2.45. The lowest BCUT2D eigenvalue weighted by molar-refractivity contribution is 0.0310. The fourth-order valence-electron chi connectivity index (χ4n) is 4.21. The van der Waals surface area contributed by atoms with E-state index in [0.717, 1.165) is 33.8 Å². The number of β-amino-alcohol motifs (C(OH)–C–C–N with tert-alkyl or cyclic N) is 1. The average Bonchev–Trinajstić information content (AvgIpc) is 3.41. The molecule has 0 radical (unpaired) electrons. The second kappa shape index (κ2) is 6.58. The summed E-state index contributed by atoms with van der Waals surface area (Å²) in [5.74, 6) is 0.703. The molecule has 1 saturated heterocycles. The molecule has 0 saturated carbocycles. The Balaban J connectivity index is 1.33. The van der Waals surface area contributed by atoms with Gasteiger partial charge >= 0.3 is 0 Å². The van der Waals surface area contributed by atoms with Gasteiger partial charge in [-0.2, -0.15) is 0 Å². The molecule has 2 aromatic carbocycles. The van der Waals surface area contributed by atoms with Crippen molar-refractivity contribution >= 4 is 33.7 Å². The molecule has 3 N–H and O–H groups in total. The van der Waals surface area contributed by atoms with Crippen molar-refractivity contribution in [2.75, 3.05) is 23.3 Å². The highest BCUT2D eigenvalue weighted by atomic mass is 16.3. The predicted octanol–water partition coefficient (Wildman–Crippen LogP) is 4.19. The van der Waals surface area contributed by atoms with Gasteiger partial charge in [-0.3, -0.25) is 0 Å². The van der Waals surface area contributed by atoms with E-state index in [4.69, 9.17) is 4.98 Å². The molecule has 4 heterocycles. The molecule has 0 amide bonds. The Morgan fingerprint density at radius 3 is 2.74 bits per heavy atom. The van der Waals surface area contributed by atoms with Gasteiger partial charge in [0.2, 0.25) is 0 Å². The molecule has 6 rings (SSSR count). The van der Waals surface area contributed by atoms with E-state index in [0.29, 0.717) is 18.9 Å². The number of hydrogen-bond acceptors (Lipinski definition) is 5. The van der Waals surface area contributed by atoms with Crippen LogP contribution in [-0.2, 0) is 0 Å². The van der Waals surface area contributed by atoms with Crippen molar-refractivity contribution in [3.05, 3.63) is 73.3 Å². The lowest BCUT2D eigenvalue weighted by Crippen LogP contribution is -2.60. The number of fused-ring (bicyclic) bond motifs is 2. The van der Waals surface area contributed by atoms with E-state index in [2.05, 4.69) is 56.6 Å². The highest BCUT2D eigenvalue weighted by Gasteiger charge is 2.36. The van der Waals surface area contributed by atoms with Gasteiger partial charge in [-0.15, -0.1) is 0 Å². The number of nitrogens with one attached hydrogen (secondary N) is 2. The lowest BCUT2D eigenvalue weighted by atomic mass is 9.96. The molecule has 0 atom stereocenters. The van der Waals surface area contributed by atoms with E-state index in [-0.39, 0.29) is 0 Å². The van der Waals surface area contributed by atoms with Crippen LogP contribution >= 0.6 is 0 Å². The van der Waals surface area contributed by atoms with Crippen molar-refractivity contribution in [2.45, 2.75) is 12.5 Å². The normalized spacial score (nSPS) is 15.4. The van der Waals surface area contributed by atoms with E-state index >= 15 is 0 Å². The molecule has 0 unspecified atom stereocenters. The first-order valence-corrected chi connectivity index (χ1v) is 10.3. The summed E-state index contributed by atoms with van der Waals surface area (Å²) in [5, 5.41) is 14.6. The summed E-state index contributed by atoms with van der Waals surface area (Å²) in [5.41, 5.74) is 5.20. The Morgan fingerprint density at radius 1 is 1.10 bits per heavy atom. The fourth-order valence-corrected chi connectivity index (χ4v) is 4.21. The summed E-state index contributed by atoms with van der Waals surface area (Å²) < 4.78 is 1.99. The van der Waals surface area contributed by atoms with Gasteiger partial charge in [0.15, 0.2) is 11.5 Å². The van der Waals surface area contributed by atoms with Crippen LogP contribution in [0.5, 0.6) is 0 Å². The molecule has 3 aromatic heterocycles. The minimum Gasteiger partial charge on any atom is -0.386 e. The second-order valence-electron chi connectivity index (χ2n) is 8.44. The number of H-pyrrole nitrogens is 1. The fraction of sp³-hybridized carbons (Fsp3) is 0.167. The summed E-state index contributed by atoms with van der Waals surface area (Å²) in [6, 6.07) is 16.5. The molecule has 7 nitrogen and oxygen atoms in total. The third-order valence-electron chi connectivity index (χ3n) is 5.78. The van der Waals surface area contributed by atoms with Gasteiger partial charge in [-0.05, 0) is 48.7 Å². The number of aromatic amines is 1. The maximum absolute atomic E-state index is 9.97. The molecule has 31 heavy (non-hydrogen) atoms. The number of aromatic nitrogens is 4. The van der Waals surface area contributed by atoms with E-state index in [1.54, 1.807) is 6.20 Å². The molecular weight excluding hydrogens is 388 g/mol. The minimum atomic E-state index is -0.587. The maximum atomic E-state index is 9.97. The van der Waals surface area contributed by atoms with Crippen LogP contribution in [0.4, 0.5) is 17.2 Å². The van der Waals surface area contributed by atoms with Gasteiger partial charge in [0.25, 0.3) is 0 Å². The van der Waals surface area contributed by atoms with Gasteiger partial charge in [0, 0.05) is 60.3 Å². The minimum absolute atomic E-state index is 0.587. The predicted molar refractivity (Wildman–Crippen MR) is 123 cm³/mol. The standard InChI is InChI=1S/C24H22N6O/c1-24(31)14-30(15-24)19-6-4-18(5-7-19)27-22-23-26-10-11-29(23)13-21(28-22)17-3-2-16-8-9-25-20(16)12-17/h2-13,25,31H,14-15H2,1H3,(H,27,28). The third-order valence-corrected chi connectivity index (χ3v) is 5.78. The van der Waals surface area contributed by atoms with Crippen LogP contribution in [0, 0.1) is 0 Å². The summed E-state index contributed by atoms with van der Waals surface area (Å²) in [6.45, 7) is 3.17. The van der Waals surface area contributed by atoms with Crippen molar-refractivity contribution in [1.29, 1.82) is 0 Å². The van der Waals surface area contributed by atoms with Gasteiger partial charge in [0.1, 0.15) is 0 Å². The number of benzene rings is 2. The zero-order valence-corrected chi connectivity index (χ0v) is 17.1. The highest BCUT2D eigenvalue weighted by Crippen LogP contribution is 2.30. The monoisotopic (exact) mass is 410 g/mol. The number of anilines is 3. The number of hydrogen-bond donors (Lipinski definition) is 3. The zero-order chi connectivity index (χ0) is 21.0. The summed E-state index contributed by atoms with van der Waals surface area (Å²) >= 11 is 0. The van der Waals surface area contributed by atoms with E-state index in [1.165, 1.54) is 5.39 Å². The van der Waals surface area contributed by atoms with Crippen LogP contribution in [0.2, 0.25) is 0 Å². The van der Waals surface area contributed by atoms with E-state index in [9.17, 15) is 5.11 Å². The molecule has 1 aliphatic rings. The van der Waals surface area contributed by atoms with Gasteiger partial charge in [-0.25, -0.2) is 9.97 Å². The first kappa shape index (κ1) is 18.0. The molecule has 1 fully saturated rings. The maximum Gasteiger partial charge on any atom is 0.180 e. The van der Waals surface area contributed by atoms with Crippen molar-refractivity contribution in [3.8, 4) is 11.3 Å². The first-order chi connectivity index (χ1) is 15.0. The van der Waals surface area contributed by atoms with Crippen LogP contribution in [0.3, 0.4) is 0 Å². The summed E-state index contributed by atoms with van der Waals surface area (Å²) in [4.78, 5) is 14.8. The van der Waals surface area contributed by atoms with E-state index in [1.807, 2.05) is 42.0 Å². The SMILES string of the molecule is CC1(O)CN(c2ccc(Nc3nc(-c4ccc5cc[nH]c5c4)cn4ccnc34)cc2)C1. The molecule has 154 valence electrons. The largest absolute Gasteiger partial charge is 0.386 e. The quantitative estimate of drug-likeness (QED) is 0.414. The Morgan fingerprint density at radius 2 is 1.94 bits per heavy atom. The highest BCUT2D eigenvalue weighted by molar-refractivity contribution is 5.85. The third kappa shape index (κ3) is 3.19. The molecule has 5 aromatic rings. The van der Waals surface area contributed by atoms with Crippen LogP contribution in [-0.4, -0.2) is 43.1 Å². The van der Waals surface area contributed by atoms with Crippen molar-refractivity contribution in [3.63, 3.8) is 0 Å². The molecule has 1 aliphatic heterocycles. The number of imidazole rings is 1. The zero-order valence-electron chi connectivity index (χ0n) is 17.1. The Kier molecular flexibility index (Phi) is 3.82. The smallest absolute Gasteiger partial charge is 0.180 e. The van der Waals surface area contributed by atoms with Crippen molar-refractivity contribution in [1.82, 2.24) is 19.4 Å². The van der Waals surface area contributed by atoms with Crippen molar-refractivity contribution in [2.24, 2.45) is 0 Å². The molecule has 0 spiro atoms. The topological polar surface area (TPSA) is 81.5 Å². The summed E-state index contributed by atoms with van der Waals surface area (Å²) in [6.07, 6.45) is 7.64. The Hall–Kier alpha value is -3.84. The first-order valence-electron chi connectivity index (χ1n) is 10.3. The summed E-state index contributed by atoms with van der Waals surface area (Å²) in [7, 11) is 0. The van der Waals surface area contributed by atoms with Crippen molar-refractivity contribution < 1.29 is 5.11 Å². The number of rotatable bonds is 4. The Bertz CT molecular complexity index is 1390. The second-order valence-corrected chi connectivity index (χ2v) is 8.44. The average molecular weight is 410 g/mol. The van der Waals surface area contributed by atoms with Crippen LogP contribution in [0.1, 0.15) is 6.92 Å². The van der Waals surface area contributed by atoms with Gasteiger partial charge < -0.3 is 24.7 Å². The van der Waals surface area contributed by atoms with Crippen LogP contribution in [0.25, 0.3) is 27.8 Å². The molecule has 0 bridgehead atoms. The molecular formula is C24H22N6O. The van der Waals surface area contributed by atoms with Crippen LogP contribution in [0.15, 0.2) is 73.3 Å². The number of nitrogens with zero attached hydrogens (tertiary/aromatic N) is 4. The van der Waals surface area contributed by atoms with Crippen LogP contribution < -0.4 is 10.2 Å². The molecule has 0 aliphatic carbocycles. The van der Waals surface area contributed by atoms with Gasteiger partial charge in [0.05, 0.1) is 11.3 Å². The molecule has 7 heteroatoms. The Labute approximate surface area is 179 Å².